The molecule has 0 spiro atoms. The quantitative estimate of drug-likeness (QED) is 0.242. The molecule has 1 fully saturated rings. The molecule has 0 radical (unpaired) electrons. The van der Waals surface area contributed by atoms with Gasteiger partial charge in [0.1, 0.15) is 6.10 Å². The van der Waals surface area contributed by atoms with Crippen molar-refractivity contribution in [2.24, 2.45) is 5.11 Å². The molecule has 1 saturated heterocycles. The van der Waals surface area contributed by atoms with Gasteiger partial charge in [0.2, 0.25) is 0 Å². The second-order valence-electron chi connectivity index (χ2n) is 7.52. The summed E-state index contributed by atoms with van der Waals surface area (Å²) in [6, 6.07) is 18.3. The Morgan fingerprint density at radius 1 is 1.06 bits per heavy atom. The molecule has 0 bridgehead atoms. The fraction of sp³-hybridized carbons (Fsp3) is 0.429. The molecule has 31 heavy (non-hydrogen) atoms. The Balaban J connectivity index is 1.82. The van der Waals surface area contributed by atoms with Crippen LogP contribution in [0.4, 0.5) is 0 Å². The summed E-state index contributed by atoms with van der Waals surface area (Å²) < 4.78 is 36.6. The third-order valence-corrected chi connectivity index (χ3v) is 6.59. The predicted molar refractivity (Wildman–Crippen MR) is 114 cm³/mol. The van der Waals surface area contributed by atoms with Crippen LogP contribution in [0.15, 0.2) is 65.8 Å². The first kappa shape index (κ1) is 23.4. The molecule has 2 aromatic carbocycles. The molecule has 9 nitrogen and oxygen atoms in total. The topological polar surface area (TPSA) is 123 Å². The fourth-order valence-electron chi connectivity index (χ4n) is 3.22. The van der Waals surface area contributed by atoms with Crippen molar-refractivity contribution in [2.45, 2.75) is 50.9 Å². The Labute approximate surface area is 181 Å². The van der Waals surface area contributed by atoms with Crippen LogP contribution in [-0.4, -0.2) is 35.5 Å². The molecular formula is C21H26N3O6P. The van der Waals surface area contributed by atoms with E-state index in [9.17, 15) is 9.67 Å². The van der Waals surface area contributed by atoms with E-state index in [1.54, 1.807) is 13.8 Å². The van der Waals surface area contributed by atoms with E-state index in [0.29, 0.717) is 0 Å². The van der Waals surface area contributed by atoms with Crippen molar-refractivity contribution in [3.05, 3.63) is 82.2 Å². The van der Waals surface area contributed by atoms with E-state index in [2.05, 4.69) is 10.0 Å². The van der Waals surface area contributed by atoms with E-state index in [4.69, 9.17) is 24.1 Å². The highest BCUT2D eigenvalue weighted by molar-refractivity contribution is 7.54. The van der Waals surface area contributed by atoms with E-state index < -0.39 is 31.4 Å². The zero-order valence-electron chi connectivity index (χ0n) is 17.4. The summed E-state index contributed by atoms with van der Waals surface area (Å²) in [5.41, 5.74) is 10.2. The van der Waals surface area contributed by atoms with Crippen molar-refractivity contribution in [1.29, 1.82) is 0 Å². The maximum Gasteiger partial charge on any atom is 0.362 e. The molecule has 0 aliphatic carbocycles. The summed E-state index contributed by atoms with van der Waals surface area (Å²) >= 11 is 0. The smallest absolute Gasteiger partial charge is 0.362 e. The molecule has 0 saturated carbocycles. The Morgan fingerprint density at radius 2 is 1.58 bits per heavy atom. The van der Waals surface area contributed by atoms with Crippen LogP contribution in [-0.2, 0) is 36.3 Å². The summed E-state index contributed by atoms with van der Waals surface area (Å²) in [6.07, 6.45) is -1.88. The Kier molecular flexibility index (Phi) is 7.86. The summed E-state index contributed by atoms with van der Waals surface area (Å²) in [6.45, 7) is 3.16. The lowest BCUT2D eigenvalue weighted by molar-refractivity contribution is -0.151. The number of hydrogen-bond acceptors (Lipinski definition) is 7. The summed E-state index contributed by atoms with van der Waals surface area (Å²) in [4.78, 5) is 2.73. The fourth-order valence-corrected chi connectivity index (χ4v) is 4.87. The minimum Gasteiger partial charge on any atom is -0.378 e. The van der Waals surface area contributed by atoms with Gasteiger partial charge in [-0.05, 0) is 30.5 Å². The van der Waals surface area contributed by atoms with Crippen LogP contribution >= 0.6 is 7.60 Å². The molecule has 1 aliphatic rings. The number of benzene rings is 2. The second-order valence-corrected chi connectivity index (χ2v) is 9.65. The summed E-state index contributed by atoms with van der Waals surface area (Å²) in [5, 5.41) is 14.6. The molecule has 1 aliphatic heterocycles. The third kappa shape index (κ3) is 6.38. The van der Waals surface area contributed by atoms with Gasteiger partial charge in [-0.25, -0.2) is 0 Å². The van der Waals surface area contributed by atoms with Crippen molar-refractivity contribution in [3.8, 4) is 0 Å². The van der Waals surface area contributed by atoms with Gasteiger partial charge in [-0.3, -0.25) is 4.57 Å². The number of nitrogens with zero attached hydrogens (tertiary/aromatic N) is 3. The van der Waals surface area contributed by atoms with Gasteiger partial charge in [-0.15, -0.1) is 0 Å². The van der Waals surface area contributed by atoms with Crippen molar-refractivity contribution in [1.82, 2.24) is 0 Å². The zero-order valence-corrected chi connectivity index (χ0v) is 18.3. The molecular weight excluding hydrogens is 421 g/mol. The molecule has 0 amide bonds. The number of aliphatic hydroxyl groups is 1. The first-order chi connectivity index (χ1) is 14.8. The minimum atomic E-state index is -4.10. The largest absolute Gasteiger partial charge is 0.378 e. The highest BCUT2D eigenvalue weighted by atomic mass is 31.2. The average Bonchev–Trinajstić information content (AvgIpc) is 3.10. The van der Waals surface area contributed by atoms with E-state index in [1.165, 1.54) is 0 Å². The van der Waals surface area contributed by atoms with Gasteiger partial charge in [0.05, 0.1) is 25.9 Å². The van der Waals surface area contributed by atoms with Gasteiger partial charge in [0.25, 0.3) is 0 Å². The van der Waals surface area contributed by atoms with Crippen molar-refractivity contribution >= 4 is 7.60 Å². The molecule has 2 aromatic rings. The van der Waals surface area contributed by atoms with Crippen LogP contribution in [0, 0.1) is 0 Å². The van der Waals surface area contributed by atoms with Gasteiger partial charge in [0, 0.05) is 4.91 Å². The van der Waals surface area contributed by atoms with Gasteiger partial charge in [0.15, 0.2) is 11.6 Å². The number of ether oxygens (including phenoxy) is 2. The van der Waals surface area contributed by atoms with E-state index >= 15 is 0 Å². The van der Waals surface area contributed by atoms with E-state index in [1.807, 2.05) is 60.7 Å². The maximum atomic E-state index is 13.7. The van der Waals surface area contributed by atoms with Crippen LogP contribution in [0.3, 0.4) is 0 Å². The van der Waals surface area contributed by atoms with E-state index in [0.717, 1.165) is 11.1 Å². The number of rotatable bonds is 10. The van der Waals surface area contributed by atoms with Crippen molar-refractivity contribution < 1.29 is 28.2 Å². The molecule has 1 heterocycles. The molecule has 3 atom stereocenters. The highest BCUT2D eigenvalue weighted by Crippen LogP contribution is 2.56. The lowest BCUT2D eigenvalue weighted by atomic mass is 10.2. The zero-order chi connectivity index (χ0) is 22.3. The number of aliphatic hydroxyl groups excluding tert-OH is 1. The van der Waals surface area contributed by atoms with Crippen molar-refractivity contribution in [2.75, 3.05) is 6.54 Å². The number of hydrogen-bond donors (Lipinski definition) is 1. The molecule has 10 heteroatoms. The predicted octanol–water partition coefficient (Wildman–Crippen LogP) is 4.76. The highest BCUT2D eigenvalue weighted by Gasteiger charge is 2.52. The lowest BCUT2D eigenvalue weighted by Crippen LogP contribution is -2.37. The minimum absolute atomic E-state index is 0.0258. The summed E-state index contributed by atoms with van der Waals surface area (Å²) in [5.74, 6) is -2.72. The molecule has 0 aromatic heterocycles. The van der Waals surface area contributed by atoms with Gasteiger partial charge in [-0.2, -0.15) is 0 Å². The molecule has 1 N–H and O–H groups in total. The van der Waals surface area contributed by atoms with E-state index in [-0.39, 0.29) is 19.8 Å². The van der Waals surface area contributed by atoms with Crippen LogP contribution in [0.25, 0.3) is 10.4 Å². The second kappa shape index (κ2) is 10.4. The van der Waals surface area contributed by atoms with Gasteiger partial charge < -0.3 is 23.6 Å². The maximum absolute atomic E-state index is 13.7. The van der Waals surface area contributed by atoms with Gasteiger partial charge in [-0.1, -0.05) is 65.8 Å². The average molecular weight is 447 g/mol. The first-order valence-corrected chi connectivity index (χ1v) is 11.5. The molecule has 0 unspecified atom stereocenters. The Bertz CT molecular complexity index is 889. The standard InChI is InChI=1S/C21H26N3O6P/c1-21(2)29-18(13-23-24-22)19(30-21)20(25)31(26,27-14-16-9-5-3-6-10-16)28-15-17-11-7-4-8-12-17/h3-12,18-20,25H,13-15H2,1-2H3/t18-,19+,20+/m0/s1. The van der Waals surface area contributed by atoms with Crippen molar-refractivity contribution in [3.63, 3.8) is 0 Å². The SMILES string of the molecule is CC1(C)O[C@@H]([C@H](O)P(=O)(OCc2ccccc2)OCc2ccccc2)[C@H](CN=[N+]=[N-])O1. The lowest BCUT2D eigenvalue weighted by Gasteiger charge is -2.28. The summed E-state index contributed by atoms with van der Waals surface area (Å²) in [7, 11) is -4.10. The Morgan fingerprint density at radius 3 is 2.06 bits per heavy atom. The first-order valence-electron chi connectivity index (χ1n) is 9.84. The molecule has 3 rings (SSSR count). The number of azide groups is 1. The third-order valence-electron chi connectivity index (χ3n) is 4.67. The van der Waals surface area contributed by atoms with Crippen LogP contribution in [0.1, 0.15) is 25.0 Å². The molecule has 166 valence electrons. The normalized spacial score (nSPS) is 21.4. The van der Waals surface area contributed by atoms with Crippen LogP contribution in [0.2, 0.25) is 0 Å². The van der Waals surface area contributed by atoms with Crippen LogP contribution in [0.5, 0.6) is 0 Å². The van der Waals surface area contributed by atoms with Crippen LogP contribution < -0.4 is 0 Å². The Hall–Kier alpha value is -2.22. The van der Waals surface area contributed by atoms with Gasteiger partial charge >= 0.3 is 7.60 Å². The monoisotopic (exact) mass is 447 g/mol.